The molecular formula is C22H21ClN2O5. The molecule has 1 fully saturated rings. The Labute approximate surface area is 178 Å². The first-order valence-electron chi connectivity index (χ1n) is 9.76. The fraction of sp³-hybridized carbons (Fsp3) is 0.364. The summed E-state index contributed by atoms with van der Waals surface area (Å²) in [6.07, 6.45) is 1.34. The summed E-state index contributed by atoms with van der Waals surface area (Å²) >= 11 is 6.09. The van der Waals surface area contributed by atoms with Gasteiger partial charge in [0.25, 0.3) is 11.6 Å². The van der Waals surface area contributed by atoms with Gasteiger partial charge in [-0.25, -0.2) is 0 Å². The fourth-order valence-electron chi connectivity index (χ4n) is 4.29. The summed E-state index contributed by atoms with van der Waals surface area (Å²) < 4.78 is 6.32. The van der Waals surface area contributed by atoms with Gasteiger partial charge in [-0.15, -0.1) is 0 Å². The molecule has 30 heavy (non-hydrogen) atoms. The lowest BCUT2D eigenvalue weighted by Gasteiger charge is -2.44. The monoisotopic (exact) mass is 428 g/mol. The minimum absolute atomic E-state index is 0.00703. The molecule has 0 radical (unpaired) electrons. The highest BCUT2D eigenvalue weighted by Gasteiger charge is 2.44. The van der Waals surface area contributed by atoms with E-state index in [-0.39, 0.29) is 23.8 Å². The zero-order chi connectivity index (χ0) is 21.6. The molecule has 0 aliphatic carbocycles. The van der Waals surface area contributed by atoms with Crippen molar-refractivity contribution < 1.29 is 19.2 Å². The van der Waals surface area contributed by atoms with Gasteiger partial charge in [-0.2, -0.15) is 0 Å². The number of nitro groups is 1. The van der Waals surface area contributed by atoms with Crippen molar-refractivity contribution in [1.82, 2.24) is 4.90 Å². The van der Waals surface area contributed by atoms with Crippen LogP contribution < -0.4 is 4.74 Å². The molecule has 4 rings (SSSR count). The Morgan fingerprint density at radius 1 is 1.17 bits per heavy atom. The molecule has 0 bridgehead atoms. The number of ether oxygens (including phenoxy) is 1. The van der Waals surface area contributed by atoms with Crippen LogP contribution in [-0.4, -0.2) is 40.2 Å². The largest absolute Gasteiger partial charge is 0.486 e. The molecule has 0 unspecified atom stereocenters. The third-order valence-electron chi connectivity index (χ3n) is 5.94. The zero-order valence-electron chi connectivity index (χ0n) is 16.7. The number of benzene rings is 2. The molecule has 7 nitrogen and oxygen atoms in total. The average Bonchev–Trinajstić information content (AvgIpc) is 2.69. The molecule has 0 saturated carbocycles. The lowest BCUT2D eigenvalue weighted by atomic mass is 9.82. The van der Waals surface area contributed by atoms with E-state index in [9.17, 15) is 19.7 Å². The number of halogens is 1. The number of carbonyl (C=O) groups is 2. The van der Waals surface area contributed by atoms with Gasteiger partial charge in [0.1, 0.15) is 11.4 Å². The molecule has 1 amide bonds. The van der Waals surface area contributed by atoms with Crippen LogP contribution in [0.2, 0.25) is 5.02 Å². The third kappa shape index (κ3) is 3.54. The van der Waals surface area contributed by atoms with Crippen molar-refractivity contribution in [1.29, 1.82) is 0 Å². The van der Waals surface area contributed by atoms with Crippen LogP contribution in [0.4, 0.5) is 5.69 Å². The lowest BCUT2D eigenvalue weighted by Crippen LogP contribution is -2.52. The van der Waals surface area contributed by atoms with Crippen molar-refractivity contribution in [2.45, 2.75) is 38.7 Å². The topological polar surface area (TPSA) is 89.8 Å². The van der Waals surface area contributed by atoms with Crippen molar-refractivity contribution in [3.8, 4) is 5.75 Å². The summed E-state index contributed by atoms with van der Waals surface area (Å²) in [6, 6.07) is 7.83. The van der Waals surface area contributed by atoms with Crippen LogP contribution in [0.3, 0.4) is 0 Å². The number of hydrogen-bond donors (Lipinski definition) is 0. The first-order valence-corrected chi connectivity index (χ1v) is 10.1. The maximum Gasteiger partial charge on any atom is 0.272 e. The van der Waals surface area contributed by atoms with Crippen LogP contribution in [0, 0.1) is 24.0 Å². The predicted octanol–water partition coefficient (Wildman–Crippen LogP) is 4.51. The number of nitrogens with zero attached hydrogens (tertiary/aromatic N) is 2. The van der Waals surface area contributed by atoms with E-state index in [0.717, 1.165) is 5.56 Å². The number of piperidine rings is 1. The third-order valence-corrected chi connectivity index (χ3v) is 6.16. The van der Waals surface area contributed by atoms with Gasteiger partial charge in [0, 0.05) is 48.1 Å². The van der Waals surface area contributed by atoms with Crippen molar-refractivity contribution in [2.24, 2.45) is 0 Å². The van der Waals surface area contributed by atoms with Gasteiger partial charge in [-0.3, -0.25) is 19.7 Å². The second-order valence-corrected chi connectivity index (χ2v) is 8.47. The van der Waals surface area contributed by atoms with Crippen LogP contribution in [0.15, 0.2) is 30.3 Å². The molecule has 1 spiro atoms. The summed E-state index contributed by atoms with van der Waals surface area (Å²) in [5.74, 6) is 0.419. The van der Waals surface area contributed by atoms with Crippen molar-refractivity contribution in [3.63, 3.8) is 0 Å². The number of amides is 1. The molecule has 2 aliphatic heterocycles. The van der Waals surface area contributed by atoms with Gasteiger partial charge >= 0.3 is 0 Å². The summed E-state index contributed by atoms with van der Waals surface area (Å²) in [7, 11) is 0. The first kappa shape index (κ1) is 20.3. The van der Waals surface area contributed by atoms with Crippen LogP contribution >= 0.6 is 11.6 Å². The Hall–Kier alpha value is -2.93. The van der Waals surface area contributed by atoms with E-state index in [1.165, 1.54) is 12.1 Å². The van der Waals surface area contributed by atoms with Crippen LogP contribution in [0.25, 0.3) is 0 Å². The molecule has 156 valence electrons. The minimum Gasteiger partial charge on any atom is -0.486 e. The number of aryl methyl sites for hydroxylation is 2. The molecule has 2 aromatic carbocycles. The average molecular weight is 429 g/mol. The van der Waals surface area contributed by atoms with E-state index in [1.807, 2.05) is 6.92 Å². The first-order chi connectivity index (χ1) is 14.2. The molecular weight excluding hydrogens is 408 g/mol. The summed E-state index contributed by atoms with van der Waals surface area (Å²) in [5.41, 5.74) is 1.59. The van der Waals surface area contributed by atoms with Gasteiger partial charge in [-0.05, 0) is 43.7 Å². The van der Waals surface area contributed by atoms with E-state index < -0.39 is 10.5 Å². The maximum absolute atomic E-state index is 12.9. The van der Waals surface area contributed by atoms with Crippen LogP contribution in [0.5, 0.6) is 5.75 Å². The molecule has 2 aromatic rings. The number of nitro benzene ring substituents is 1. The molecule has 2 aliphatic rings. The Bertz CT molecular complexity index is 1070. The quantitative estimate of drug-likeness (QED) is 0.518. The number of fused-ring (bicyclic) bond motifs is 1. The van der Waals surface area contributed by atoms with Crippen molar-refractivity contribution >= 4 is 29.0 Å². The zero-order valence-corrected chi connectivity index (χ0v) is 17.5. The highest BCUT2D eigenvalue weighted by molar-refractivity contribution is 6.31. The molecule has 0 N–H and O–H groups in total. The van der Waals surface area contributed by atoms with Gasteiger partial charge in [0.05, 0.1) is 16.9 Å². The fourth-order valence-corrected chi connectivity index (χ4v) is 4.56. The Kier molecular flexibility index (Phi) is 5.02. The minimum atomic E-state index is -0.620. The normalized spacial score (nSPS) is 17.4. The number of Topliss-reactive ketones (excluding diaryl/α,β-unsaturated/α-hetero) is 1. The van der Waals surface area contributed by atoms with E-state index in [4.69, 9.17) is 16.3 Å². The highest BCUT2D eigenvalue weighted by Crippen LogP contribution is 2.42. The SMILES string of the molecule is Cc1cc(C(=O)N2CCC3(CC2)CC(=O)c2cc(Cl)cc(C)c2O3)ccc1[N+](=O)[O-]. The van der Waals surface area contributed by atoms with E-state index in [2.05, 4.69) is 0 Å². The van der Waals surface area contributed by atoms with E-state index >= 15 is 0 Å². The van der Waals surface area contributed by atoms with Gasteiger partial charge in [0.2, 0.25) is 0 Å². The van der Waals surface area contributed by atoms with Gasteiger partial charge < -0.3 is 9.64 Å². The standard InChI is InChI=1S/C22H21ClN2O5/c1-13-9-15(3-4-18(13)25(28)29)21(27)24-7-5-22(6-8-24)12-19(26)17-11-16(23)10-14(2)20(17)30-22/h3-4,9-11H,5-8,12H2,1-2H3. The highest BCUT2D eigenvalue weighted by atomic mass is 35.5. The Balaban J connectivity index is 1.50. The summed E-state index contributed by atoms with van der Waals surface area (Å²) in [4.78, 5) is 37.9. The number of rotatable bonds is 2. The number of ketones is 1. The second-order valence-electron chi connectivity index (χ2n) is 8.03. The van der Waals surface area contributed by atoms with E-state index in [0.29, 0.717) is 53.4 Å². The molecule has 2 heterocycles. The summed E-state index contributed by atoms with van der Waals surface area (Å²) in [6.45, 7) is 4.38. The number of hydrogen-bond acceptors (Lipinski definition) is 5. The predicted molar refractivity (Wildman–Crippen MR) is 111 cm³/mol. The number of likely N-dealkylation sites (tertiary alicyclic amines) is 1. The maximum atomic E-state index is 12.9. The molecule has 0 atom stereocenters. The molecule has 8 heteroatoms. The van der Waals surface area contributed by atoms with Gasteiger partial charge in [-0.1, -0.05) is 11.6 Å². The van der Waals surface area contributed by atoms with Gasteiger partial charge in [0.15, 0.2) is 5.78 Å². The van der Waals surface area contributed by atoms with Crippen molar-refractivity contribution in [3.05, 3.63) is 67.7 Å². The number of carbonyl (C=O) groups excluding carboxylic acids is 2. The van der Waals surface area contributed by atoms with E-state index in [1.54, 1.807) is 30.0 Å². The second kappa shape index (κ2) is 7.40. The summed E-state index contributed by atoms with van der Waals surface area (Å²) in [5, 5.41) is 11.5. The molecule has 1 saturated heterocycles. The van der Waals surface area contributed by atoms with Crippen LogP contribution in [0.1, 0.15) is 51.1 Å². The smallest absolute Gasteiger partial charge is 0.272 e. The van der Waals surface area contributed by atoms with Crippen LogP contribution in [-0.2, 0) is 0 Å². The lowest BCUT2D eigenvalue weighted by molar-refractivity contribution is -0.385. The molecule has 0 aromatic heterocycles. The Morgan fingerprint density at radius 2 is 1.87 bits per heavy atom. The Morgan fingerprint density at radius 3 is 2.50 bits per heavy atom. The van der Waals surface area contributed by atoms with Crippen molar-refractivity contribution in [2.75, 3.05) is 13.1 Å².